The lowest BCUT2D eigenvalue weighted by Crippen LogP contribution is -2.39. The van der Waals surface area contributed by atoms with Crippen LogP contribution < -0.4 is 0 Å². The van der Waals surface area contributed by atoms with E-state index in [0.29, 0.717) is 12.5 Å². The minimum Gasteiger partial charge on any atom is -0.348 e. The van der Waals surface area contributed by atoms with Gasteiger partial charge in [-0.15, -0.1) is 0 Å². The van der Waals surface area contributed by atoms with Crippen molar-refractivity contribution in [3.8, 4) is 0 Å². The molecule has 0 saturated carbocycles. The number of nitrogens with one attached hydrogen (secondary N) is 1. The number of hydrogen-bond donors (Lipinski definition) is 1. The monoisotopic (exact) mass is 335 g/mol. The minimum atomic E-state index is 0.0959. The van der Waals surface area contributed by atoms with E-state index in [-0.39, 0.29) is 5.91 Å². The van der Waals surface area contributed by atoms with Gasteiger partial charge in [-0.1, -0.05) is 12.1 Å². The molecule has 1 aliphatic rings. The molecule has 1 fully saturated rings. The van der Waals surface area contributed by atoms with Crippen LogP contribution >= 0.6 is 0 Å². The molecule has 1 saturated heterocycles. The largest absolute Gasteiger partial charge is 0.348 e. The van der Waals surface area contributed by atoms with Crippen LogP contribution in [0.15, 0.2) is 55.1 Å². The standard InChI is InChI=1S/C19H21N5O/c25-19(23-10-2-6-17(14-23)18-20-8-9-21-18)16-5-1-4-15(12-16)13-24-11-3-7-22-24/h1,3-5,7-9,11-12,17H,2,6,10,13-14H2,(H,20,21). The van der Waals surface area contributed by atoms with Gasteiger partial charge in [-0.05, 0) is 36.6 Å². The second-order valence-electron chi connectivity index (χ2n) is 6.47. The van der Waals surface area contributed by atoms with Gasteiger partial charge in [0.05, 0.1) is 6.54 Å². The van der Waals surface area contributed by atoms with E-state index in [9.17, 15) is 4.79 Å². The molecule has 1 N–H and O–H groups in total. The highest BCUT2D eigenvalue weighted by Gasteiger charge is 2.26. The van der Waals surface area contributed by atoms with Gasteiger partial charge in [0.1, 0.15) is 5.82 Å². The molecule has 1 aliphatic heterocycles. The summed E-state index contributed by atoms with van der Waals surface area (Å²) in [7, 11) is 0. The number of amides is 1. The Hall–Kier alpha value is -2.89. The molecule has 1 aromatic carbocycles. The highest BCUT2D eigenvalue weighted by Crippen LogP contribution is 2.25. The quantitative estimate of drug-likeness (QED) is 0.797. The Morgan fingerprint density at radius 1 is 1.28 bits per heavy atom. The van der Waals surface area contributed by atoms with E-state index in [1.54, 1.807) is 12.4 Å². The third kappa shape index (κ3) is 3.47. The molecule has 0 bridgehead atoms. The summed E-state index contributed by atoms with van der Waals surface area (Å²) >= 11 is 0. The zero-order valence-electron chi connectivity index (χ0n) is 14.0. The van der Waals surface area contributed by atoms with E-state index in [2.05, 4.69) is 15.1 Å². The van der Waals surface area contributed by atoms with Crippen molar-refractivity contribution in [3.05, 3.63) is 72.1 Å². The molecule has 2 aromatic heterocycles. The third-order valence-corrected chi connectivity index (χ3v) is 4.69. The van der Waals surface area contributed by atoms with E-state index in [1.165, 1.54) is 0 Å². The second kappa shape index (κ2) is 6.93. The van der Waals surface area contributed by atoms with Crippen LogP contribution in [0.4, 0.5) is 0 Å². The summed E-state index contributed by atoms with van der Waals surface area (Å²) in [5.74, 6) is 1.36. The number of likely N-dealkylation sites (tertiary alicyclic amines) is 1. The van der Waals surface area contributed by atoms with Crippen molar-refractivity contribution >= 4 is 5.91 Å². The summed E-state index contributed by atoms with van der Waals surface area (Å²) in [6, 6.07) is 9.74. The number of aromatic nitrogens is 4. The fourth-order valence-electron chi connectivity index (χ4n) is 3.45. The Kier molecular flexibility index (Phi) is 4.33. The van der Waals surface area contributed by atoms with Crippen molar-refractivity contribution < 1.29 is 4.79 Å². The van der Waals surface area contributed by atoms with Gasteiger partial charge in [-0.25, -0.2) is 4.98 Å². The van der Waals surface area contributed by atoms with Crippen LogP contribution in [0.25, 0.3) is 0 Å². The van der Waals surface area contributed by atoms with Gasteiger partial charge in [0.25, 0.3) is 5.91 Å². The molecule has 4 rings (SSSR count). The summed E-state index contributed by atoms with van der Waals surface area (Å²) < 4.78 is 1.86. The van der Waals surface area contributed by atoms with Crippen LogP contribution in [0.3, 0.4) is 0 Å². The highest BCUT2D eigenvalue weighted by atomic mass is 16.2. The van der Waals surface area contributed by atoms with Crippen LogP contribution in [0.2, 0.25) is 0 Å². The number of H-pyrrole nitrogens is 1. The lowest BCUT2D eigenvalue weighted by atomic mass is 9.96. The van der Waals surface area contributed by atoms with Crippen molar-refractivity contribution in [2.75, 3.05) is 13.1 Å². The molecule has 1 atom stereocenters. The molecular formula is C19H21N5O. The zero-order valence-corrected chi connectivity index (χ0v) is 14.0. The minimum absolute atomic E-state index is 0.0959. The van der Waals surface area contributed by atoms with Gasteiger partial charge in [-0.3, -0.25) is 9.48 Å². The highest BCUT2D eigenvalue weighted by molar-refractivity contribution is 5.94. The third-order valence-electron chi connectivity index (χ3n) is 4.69. The Bertz CT molecular complexity index is 825. The molecule has 3 aromatic rings. The Morgan fingerprint density at radius 3 is 3.04 bits per heavy atom. The zero-order chi connectivity index (χ0) is 17.1. The molecule has 1 amide bonds. The molecular weight excluding hydrogens is 314 g/mol. The molecule has 6 heteroatoms. The van der Waals surface area contributed by atoms with Crippen molar-refractivity contribution in [2.45, 2.75) is 25.3 Å². The summed E-state index contributed by atoms with van der Waals surface area (Å²) in [5.41, 5.74) is 1.82. The fourth-order valence-corrected chi connectivity index (χ4v) is 3.45. The van der Waals surface area contributed by atoms with Crippen LogP contribution in [0.5, 0.6) is 0 Å². The number of aromatic amines is 1. The average molecular weight is 335 g/mol. The van der Waals surface area contributed by atoms with Crippen molar-refractivity contribution in [1.82, 2.24) is 24.6 Å². The molecule has 0 radical (unpaired) electrons. The van der Waals surface area contributed by atoms with Crippen molar-refractivity contribution in [1.29, 1.82) is 0 Å². The number of hydrogen-bond acceptors (Lipinski definition) is 3. The van der Waals surface area contributed by atoms with Gasteiger partial charge in [0.2, 0.25) is 0 Å². The average Bonchev–Trinajstić information content (AvgIpc) is 3.35. The molecule has 0 aliphatic carbocycles. The summed E-state index contributed by atoms with van der Waals surface area (Å²) in [4.78, 5) is 22.4. The summed E-state index contributed by atoms with van der Waals surface area (Å²) in [6.45, 7) is 2.19. The van der Waals surface area contributed by atoms with E-state index in [4.69, 9.17) is 0 Å². The number of rotatable bonds is 4. The first-order chi connectivity index (χ1) is 12.3. The van der Waals surface area contributed by atoms with Gasteiger partial charge < -0.3 is 9.88 Å². The smallest absolute Gasteiger partial charge is 0.253 e. The molecule has 128 valence electrons. The van der Waals surface area contributed by atoms with Gasteiger partial charge >= 0.3 is 0 Å². The van der Waals surface area contributed by atoms with Crippen LogP contribution in [-0.2, 0) is 6.54 Å². The number of imidazole rings is 1. The first-order valence-corrected chi connectivity index (χ1v) is 8.64. The fraction of sp³-hybridized carbons (Fsp3) is 0.316. The first kappa shape index (κ1) is 15.6. The second-order valence-corrected chi connectivity index (χ2v) is 6.47. The molecule has 25 heavy (non-hydrogen) atoms. The lowest BCUT2D eigenvalue weighted by Gasteiger charge is -2.32. The first-order valence-electron chi connectivity index (χ1n) is 8.64. The lowest BCUT2D eigenvalue weighted by molar-refractivity contribution is 0.0704. The van der Waals surface area contributed by atoms with E-state index >= 15 is 0 Å². The normalized spacial score (nSPS) is 17.6. The molecule has 3 heterocycles. The van der Waals surface area contributed by atoms with E-state index < -0.39 is 0 Å². The maximum Gasteiger partial charge on any atom is 0.253 e. The van der Waals surface area contributed by atoms with Crippen molar-refractivity contribution in [3.63, 3.8) is 0 Å². The number of benzene rings is 1. The Morgan fingerprint density at radius 2 is 2.24 bits per heavy atom. The topological polar surface area (TPSA) is 66.8 Å². The Labute approximate surface area is 146 Å². The van der Waals surface area contributed by atoms with Gasteiger partial charge in [0.15, 0.2) is 0 Å². The van der Waals surface area contributed by atoms with E-state index in [0.717, 1.165) is 42.9 Å². The maximum atomic E-state index is 12.9. The number of carbonyl (C=O) groups is 1. The SMILES string of the molecule is O=C(c1cccc(Cn2cccn2)c1)N1CCCC(c2ncc[nH]2)C1. The Balaban J connectivity index is 1.48. The number of carbonyl (C=O) groups excluding carboxylic acids is 1. The molecule has 0 spiro atoms. The predicted octanol–water partition coefficient (Wildman–Crippen LogP) is 2.67. The summed E-state index contributed by atoms with van der Waals surface area (Å²) in [5, 5.41) is 4.23. The van der Waals surface area contributed by atoms with Gasteiger partial charge in [-0.2, -0.15) is 5.10 Å². The summed E-state index contributed by atoms with van der Waals surface area (Å²) in [6.07, 6.45) is 9.37. The molecule has 1 unspecified atom stereocenters. The van der Waals surface area contributed by atoms with Crippen LogP contribution in [0.1, 0.15) is 40.5 Å². The molecule has 6 nitrogen and oxygen atoms in total. The van der Waals surface area contributed by atoms with E-state index in [1.807, 2.05) is 52.3 Å². The number of piperidine rings is 1. The number of nitrogens with zero attached hydrogens (tertiary/aromatic N) is 4. The predicted molar refractivity (Wildman–Crippen MR) is 94.2 cm³/mol. The van der Waals surface area contributed by atoms with Crippen LogP contribution in [-0.4, -0.2) is 43.6 Å². The van der Waals surface area contributed by atoms with Crippen molar-refractivity contribution in [2.24, 2.45) is 0 Å². The maximum absolute atomic E-state index is 12.9. The van der Waals surface area contributed by atoms with Gasteiger partial charge in [0, 0.05) is 49.4 Å². The van der Waals surface area contributed by atoms with Crippen LogP contribution in [0, 0.1) is 0 Å².